The third kappa shape index (κ3) is 56.7. The van der Waals surface area contributed by atoms with Crippen molar-refractivity contribution in [1.29, 1.82) is 0 Å². The Kier molecular flexibility index (Phi) is 51.4. The number of hydrogen-bond acceptors (Lipinski definition) is 7. The van der Waals surface area contributed by atoms with Crippen LogP contribution in [0, 0.1) is 0 Å². The third-order valence-electron chi connectivity index (χ3n) is 12.7. The number of quaternary nitrogens is 1. The van der Waals surface area contributed by atoms with E-state index in [1.54, 1.807) is 0 Å². The molecule has 9 nitrogen and oxygen atoms in total. The van der Waals surface area contributed by atoms with Crippen LogP contribution in [-0.2, 0) is 32.7 Å². The molecule has 0 saturated carbocycles. The Hall–Kier alpha value is -2.55. The van der Waals surface area contributed by atoms with Gasteiger partial charge in [-0.05, 0) is 83.5 Å². The summed E-state index contributed by atoms with van der Waals surface area (Å²) in [5.41, 5.74) is 0. The van der Waals surface area contributed by atoms with E-state index in [4.69, 9.17) is 18.5 Å². The number of carbonyl (C=O) groups is 2. The molecule has 1 N–H and O–H groups in total. The minimum Gasteiger partial charge on any atom is -0.462 e. The minimum absolute atomic E-state index is 0.0296. The first-order chi connectivity index (χ1) is 35.0. The van der Waals surface area contributed by atoms with Crippen LogP contribution in [0.1, 0.15) is 258 Å². The first-order valence-corrected chi connectivity index (χ1v) is 31.2. The van der Waals surface area contributed by atoms with Crippen LogP contribution in [0.25, 0.3) is 0 Å². The maximum absolute atomic E-state index is 12.8. The zero-order valence-corrected chi connectivity index (χ0v) is 48.3. The second-order valence-corrected chi connectivity index (χ2v) is 22.5. The topological polar surface area (TPSA) is 108 Å². The van der Waals surface area contributed by atoms with Crippen molar-refractivity contribution < 1.29 is 42.1 Å². The average Bonchev–Trinajstić information content (AvgIpc) is 3.34. The molecule has 0 spiro atoms. The minimum atomic E-state index is -4.39. The van der Waals surface area contributed by atoms with Crippen molar-refractivity contribution in [2.45, 2.75) is 264 Å². The number of phosphoric acid groups is 1. The third-order valence-corrected chi connectivity index (χ3v) is 13.7. The van der Waals surface area contributed by atoms with Crippen molar-refractivity contribution in [3.63, 3.8) is 0 Å². The lowest BCUT2D eigenvalue weighted by molar-refractivity contribution is -0.870. The van der Waals surface area contributed by atoms with Crippen molar-refractivity contribution >= 4 is 19.8 Å². The number of allylic oxidation sites excluding steroid dienone is 12. The number of rotatable bonds is 54. The summed E-state index contributed by atoms with van der Waals surface area (Å²) < 4.78 is 34.6. The second-order valence-electron chi connectivity index (χ2n) is 21.0. The SMILES string of the molecule is CC/C=C\C/C=C\C/C=C\C/C=C\CCCCCCCCCCCCCCCCCCC(=O)OC(COC(=O)CCCCCCCCCCC/C=C\C/C=C\CCCCC)COP(=O)(O)OCC[N+](C)(C)C. The monoisotopic (exact) mass is 1030 g/mol. The summed E-state index contributed by atoms with van der Waals surface area (Å²) >= 11 is 0. The molecular formula is C62H113NO8P+. The molecule has 0 radical (unpaired) electrons. The summed E-state index contributed by atoms with van der Waals surface area (Å²) in [4.78, 5) is 35.7. The van der Waals surface area contributed by atoms with Gasteiger partial charge in [-0.3, -0.25) is 18.6 Å². The van der Waals surface area contributed by atoms with Crippen LogP contribution in [0.4, 0.5) is 0 Å². The van der Waals surface area contributed by atoms with Crippen LogP contribution >= 0.6 is 7.82 Å². The Morgan fingerprint density at radius 1 is 0.444 bits per heavy atom. The molecule has 2 unspecified atom stereocenters. The van der Waals surface area contributed by atoms with Gasteiger partial charge in [0.25, 0.3) is 0 Å². The average molecular weight is 1030 g/mol. The molecule has 0 aromatic heterocycles. The Bertz CT molecular complexity index is 1450. The van der Waals surface area contributed by atoms with E-state index in [1.807, 2.05) is 21.1 Å². The normalized spacial score (nSPS) is 13.8. The molecule has 0 amide bonds. The second kappa shape index (κ2) is 53.3. The summed E-state index contributed by atoms with van der Waals surface area (Å²) in [5.74, 6) is -0.797. The number of esters is 2. The van der Waals surface area contributed by atoms with Gasteiger partial charge in [0.05, 0.1) is 27.7 Å². The van der Waals surface area contributed by atoms with E-state index in [2.05, 4.69) is 86.8 Å². The molecule has 2 atom stereocenters. The van der Waals surface area contributed by atoms with Gasteiger partial charge in [0.1, 0.15) is 19.8 Å². The Balaban J connectivity index is 4.12. The summed E-state index contributed by atoms with van der Waals surface area (Å²) in [6.07, 6.45) is 69.7. The Morgan fingerprint density at radius 3 is 1.18 bits per heavy atom. The van der Waals surface area contributed by atoms with E-state index in [1.165, 1.54) is 161 Å². The van der Waals surface area contributed by atoms with Gasteiger partial charge in [-0.1, -0.05) is 234 Å². The fourth-order valence-corrected chi connectivity index (χ4v) is 8.90. The zero-order chi connectivity index (χ0) is 52.7. The van der Waals surface area contributed by atoms with Gasteiger partial charge in [0, 0.05) is 12.8 Å². The summed E-state index contributed by atoms with van der Waals surface area (Å²) in [6, 6.07) is 0. The highest BCUT2D eigenvalue weighted by Crippen LogP contribution is 2.43. The summed E-state index contributed by atoms with van der Waals surface area (Å²) in [5, 5.41) is 0. The van der Waals surface area contributed by atoms with Crippen molar-refractivity contribution in [1.82, 2.24) is 0 Å². The van der Waals surface area contributed by atoms with E-state index in [0.29, 0.717) is 17.4 Å². The molecule has 0 aromatic carbocycles. The molecule has 0 aliphatic heterocycles. The maximum Gasteiger partial charge on any atom is 0.472 e. The van der Waals surface area contributed by atoms with Gasteiger partial charge in [0.15, 0.2) is 6.10 Å². The molecule has 10 heteroatoms. The highest BCUT2D eigenvalue weighted by Gasteiger charge is 2.27. The number of likely N-dealkylation sites (N-methyl/N-ethyl adjacent to an activating group) is 1. The van der Waals surface area contributed by atoms with E-state index in [9.17, 15) is 19.0 Å². The fraction of sp³-hybridized carbons (Fsp3) is 0.774. The molecule has 0 rings (SSSR count). The number of nitrogens with zero attached hydrogens (tertiary/aromatic N) is 1. The first-order valence-electron chi connectivity index (χ1n) is 29.7. The lowest BCUT2D eigenvalue weighted by Crippen LogP contribution is -2.37. The van der Waals surface area contributed by atoms with E-state index in [-0.39, 0.29) is 32.0 Å². The van der Waals surface area contributed by atoms with Gasteiger partial charge in [-0.2, -0.15) is 0 Å². The molecule has 418 valence electrons. The Morgan fingerprint density at radius 2 is 0.792 bits per heavy atom. The summed E-state index contributed by atoms with van der Waals surface area (Å²) in [6.45, 7) is 4.31. The van der Waals surface area contributed by atoms with Gasteiger partial charge < -0.3 is 18.9 Å². The molecule has 72 heavy (non-hydrogen) atoms. The molecule has 0 aliphatic rings. The van der Waals surface area contributed by atoms with Crippen molar-refractivity contribution in [2.75, 3.05) is 47.5 Å². The zero-order valence-electron chi connectivity index (χ0n) is 47.4. The van der Waals surface area contributed by atoms with E-state index >= 15 is 0 Å². The lowest BCUT2D eigenvalue weighted by Gasteiger charge is -2.24. The quantitative estimate of drug-likeness (QED) is 0.0211. The number of hydrogen-bond donors (Lipinski definition) is 1. The van der Waals surface area contributed by atoms with Gasteiger partial charge in [-0.15, -0.1) is 0 Å². The van der Waals surface area contributed by atoms with E-state index in [0.717, 1.165) is 64.2 Å². The fourth-order valence-electron chi connectivity index (χ4n) is 8.16. The van der Waals surface area contributed by atoms with Gasteiger partial charge in [0.2, 0.25) is 0 Å². The maximum atomic E-state index is 12.8. The molecule has 0 bridgehead atoms. The smallest absolute Gasteiger partial charge is 0.462 e. The number of ether oxygens (including phenoxy) is 2. The molecule has 0 aromatic rings. The van der Waals surface area contributed by atoms with Gasteiger partial charge >= 0.3 is 19.8 Å². The highest BCUT2D eigenvalue weighted by molar-refractivity contribution is 7.47. The lowest BCUT2D eigenvalue weighted by atomic mass is 10.0. The van der Waals surface area contributed by atoms with Crippen LogP contribution in [-0.4, -0.2) is 74.9 Å². The largest absolute Gasteiger partial charge is 0.472 e. The first kappa shape index (κ1) is 69.5. The summed E-state index contributed by atoms with van der Waals surface area (Å²) in [7, 11) is 1.48. The number of carbonyl (C=O) groups excluding carboxylic acids is 2. The predicted molar refractivity (Wildman–Crippen MR) is 307 cm³/mol. The van der Waals surface area contributed by atoms with Gasteiger partial charge in [-0.25, -0.2) is 4.57 Å². The molecule has 0 fully saturated rings. The van der Waals surface area contributed by atoms with Crippen LogP contribution in [0.2, 0.25) is 0 Å². The number of phosphoric ester groups is 1. The van der Waals surface area contributed by atoms with Crippen LogP contribution in [0.3, 0.4) is 0 Å². The molecule has 0 saturated heterocycles. The predicted octanol–water partition coefficient (Wildman–Crippen LogP) is 18.5. The van der Waals surface area contributed by atoms with Crippen molar-refractivity contribution in [3.05, 3.63) is 72.9 Å². The van der Waals surface area contributed by atoms with Crippen LogP contribution in [0.5, 0.6) is 0 Å². The van der Waals surface area contributed by atoms with Crippen LogP contribution in [0.15, 0.2) is 72.9 Å². The van der Waals surface area contributed by atoms with Crippen LogP contribution < -0.4 is 0 Å². The van der Waals surface area contributed by atoms with Crippen molar-refractivity contribution in [2.24, 2.45) is 0 Å². The molecular weight excluding hydrogens is 918 g/mol. The Labute approximate surface area is 444 Å². The standard InChI is InChI=1S/C62H112NO8P/c1-6-8-10-12-14-16-18-20-22-24-26-27-28-29-30-31-32-33-34-35-37-39-41-43-45-47-49-51-53-55-62(65)71-60(59-70-72(66,67)69-57-56-63(3,4)5)58-68-61(64)54-52-50-48-46-44-42-40-38-36-25-23-21-19-17-15-13-11-9-7-2/h8,10,14-17,20-23,26-27,60H,6-7,9,11-13,18-19,24-25,28-59H2,1-5H3/p+1/b10-8-,16-14-,17-15-,22-20-,23-21-,27-26-. The number of unbranched alkanes of at least 4 members (excludes halogenated alkanes) is 28. The highest BCUT2D eigenvalue weighted by atomic mass is 31.2. The molecule has 0 heterocycles. The van der Waals surface area contributed by atoms with Crippen molar-refractivity contribution in [3.8, 4) is 0 Å². The van der Waals surface area contributed by atoms with E-state index < -0.39 is 26.5 Å². The molecule has 0 aliphatic carbocycles.